The van der Waals surface area contributed by atoms with E-state index in [1.807, 2.05) is 0 Å². The quantitative estimate of drug-likeness (QED) is 0.626. The van der Waals surface area contributed by atoms with Crippen molar-refractivity contribution in [1.29, 1.82) is 0 Å². The summed E-state index contributed by atoms with van der Waals surface area (Å²) in [5.41, 5.74) is -0.184. The molecule has 0 radical (unpaired) electrons. The van der Waals surface area contributed by atoms with Crippen molar-refractivity contribution in [3.63, 3.8) is 0 Å². The Hall–Kier alpha value is -0.580. The van der Waals surface area contributed by atoms with Gasteiger partial charge in [0.1, 0.15) is 0 Å². The Bertz CT molecular complexity index is 433. The first-order valence-electron chi connectivity index (χ1n) is 8.39. The van der Waals surface area contributed by atoms with Crippen LogP contribution in [0.15, 0.2) is 0 Å². The summed E-state index contributed by atoms with van der Waals surface area (Å²) in [4.78, 5) is 12.1. The van der Waals surface area contributed by atoms with Crippen LogP contribution >= 0.6 is 0 Å². The third kappa shape index (κ3) is 5.61. The molecule has 1 heterocycles. The molecule has 1 aliphatic heterocycles. The van der Waals surface area contributed by atoms with E-state index in [1.165, 1.54) is 19.3 Å². The summed E-state index contributed by atoms with van der Waals surface area (Å²) >= 11 is 0. The summed E-state index contributed by atoms with van der Waals surface area (Å²) in [6.07, 6.45) is 9.90. The number of carbonyl (C=O) groups excluding carboxylic acids is 1. The molecule has 21 heavy (non-hydrogen) atoms. The van der Waals surface area contributed by atoms with Gasteiger partial charge in [-0.1, -0.05) is 65.7 Å². The monoisotopic (exact) mass is 317 g/mol. The molecule has 1 fully saturated rings. The van der Waals surface area contributed by atoms with Crippen LogP contribution in [0.25, 0.3) is 0 Å². The van der Waals surface area contributed by atoms with Crippen LogP contribution in [0.1, 0.15) is 78.6 Å². The molecule has 0 aliphatic carbocycles. The van der Waals surface area contributed by atoms with Crippen LogP contribution < -0.4 is 4.72 Å². The molecule has 1 saturated heterocycles. The van der Waals surface area contributed by atoms with Crippen molar-refractivity contribution in [2.45, 2.75) is 78.6 Å². The lowest BCUT2D eigenvalue weighted by atomic mass is 9.70. The highest BCUT2D eigenvalue weighted by Crippen LogP contribution is 2.41. The normalized spacial score (nSPS) is 23.8. The lowest BCUT2D eigenvalue weighted by Gasteiger charge is -2.34. The fourth-order valence-corrected chi connectivity index (χ4v) is 4.81. The van der Waals surface area contributed by atoms with Gasteiger partial charge in [0.2, 0.25) is 15.9 Å². The first kappa shape index (κ1) is 18.5. The zero-order valence-corrected chi connectivity index (χ0v) is 14.6. The summed E-state index contributed by atoms with van der Waals surface area (Å²) in [5.74, 6) is -0.687. The lowest BCUT2D eigenvalue weighted by Crippen LogP contribution is -2.35. The molecule has 4 nitrogen and oxygen atoms in total. The maximum Gasteiger partial charge on any atom is 0.238 e. The second-order valence-electron chi connectivity index (χ2n) is 6.72. The van der Waals surface area contributed by atoms with Gasteiger partial charge in [-0.2, -0.15) is 0 Å². The minimum atomic E-state index is -3.39. The van der Waals surface area contributed by atoms with Gasteiger partial charge < -0.3 is 0 Å². The minimum Gasteiger partial charge on any atom is -0.274 e. The van der Waals surface area contributed by atoms with Crippen LogP contribution in [0.3, 0.4) is 0 Å². The molecule has 0 aromatic rings. The van der Waals surface area contributed by atoms with Crippen molar-refractivity contribution in [2.75, 3.05) is 5.75 Å². The SMILES string of the molecule is CCCCCCC(C)(CCCCC)C1CS(=O)(=O)NC1=O. The second-order valence-corrected chi connectivity index (χ2v) is 8.49. The number of amides is 1. The number of hydrogen-bond acceptors (Lipinski definition) is 3. The molecular formula is C16H31NO3S. The van der Waals surface area contributed by atoms with Crippen LogP contribution in [0.2, 0.25) is 0 Å². The maximum absolute atomic E-state index is 12.1. The van der Waals surface area contributed by atoms with E-state index >= 15 is 0 Å². The molecule has 0 aromatic heterocycles. The number of hydrogen-bond donors (Lipinski definition) is 1. The van der Waals surface area contributed by atoms with Gasteiger partial charge in [-0.25, -0.2) is 8.42 Å². The van der Waals surface area contributed by atoms with Crippen LogP contribution in [0.4, 0.5) is 0 Å². The first-order chi connectivity index (χ1) is 9.84. The predicted octanol–water partition coefficient (Wildman–Crippen LogP) is 3.62. The van der Waals surface area contributed by atoms with Gasteiger partial charge in [-0.05, 0) is 18.3 Å². The summed E-state index contributed by atoms with van der Waals surface area (Å²) < 4.78 is 25.5. The third-order valence-electron chi connectivity index (χ3n) is 4.75. The number of sulfonamides is 1. The van der Waals surface area contributed by atoms with E-state index in [1.54, 1.807) is 0 Å². The van der Waals surface area contributed by atoms with E-state index < -0.39 is 10.0 Å². The maximum atomic E-state index is 12.1. The van der Waals surface area contributed by atoms with Gasteiger partial charge >= 0.3 is 0 Å². The molecule has 1 aliphatic rings. The molecule has 0 spiro atoms. The highest BCUT2D eigenvalue weighted by Gasteiger charge is 2.46. The zero-order valence-electron chi connectivity index (χ0n) is 13.8. The van der Waals surface area contributed by atoms with Crippen molar-refractivity contribution in [1.82, 2.24) is 4.72 Å². The summed E-state index contributed by atoms with van der Waals surface area (Å²) in [5, 5.41) is 0. The summed E-state index contributed by atoms with van der Waals surface area (Å²) in [6, 6.07) is 0. The molecule has 0 saturated carbocycles. The van der Waals surface area contributed by atoms with Gasteiger partial charge in [-0.15, -0.1) is 0 Å². The third-order valence-corrected chi connectivity index (χ3v) is 6.04. The lowest BCUT2D eigenvalue weighted by molar-refractivity contribution is -0.125. The summed E-state index contributed by atoms with van der Waals surface area (Å²) in [7, 11) is -3.39. The van der Waals surface area contributed by atoms with Crippen LogP contribution in [0.5, 0.6) is 0 Å². The number of carbonyl (C=O) groups is 1. The van der Waals surface area contributed by atoms with Crippen molar-refractivity contribution in [3.8, 4) is 0 Å². The van der Waals surface area contributed by atoms with Gasteiger partial charge in [0.15, 0.2) is 0 Å². The Labute approximate surface area is 130 Å². The number of nitrogens with one attached hydrogen (secondary N) is 1. The molecule has 2 atom stereocenters. The molecule has 1 amide bonds. The zero-order chi connectivity index (χ0) is 15.9. The molecule has 1 N–H and O–H groups in total. The molecule has 0 aromatic carbocycles. The molecule has 2 unspecified atom stereocenters. The van der Waals surface area contributed by atoms with E-state index in [0.29, 0.717) is 0 Å². The minimum absolute atomic E-state index is 0.0256. The van der Waals surface area contributed by atoms with Crippen molar-refractivity contribution < 1.29 is 13.2 Å². The highest BCUT2D eigenvalue weighted by atomic mass is 32.2. The topological polar surface area (TPSA) is 63.2 Å². The molecule has 1 rings (SSSR count). The van der Waals surface area contributed by atoms with Crippen molar-refractivity contribution >= 4 is 15.9 Å². The van der Waals surface area contributed by atoms with Gasteiger partial charge in [0.05, 0.1) is 11.7 Å². The Morgan fingerprint density at radius 1 is 1.05 bits per heavy atom. The Balaban J connectivity index is 2.72. The standard InChI is InChI=1S/C16H31NO3S/c1-4-6-8-10-12-16(3,11-9-7-5-2)14-13-21(19,20)17-15(14)18/h14H,4-13H2,1-3H3,(H,17,18). The van der Waals surface area contributed by atoms with Gasteiger partial charge in [0, 0.05) is 0 Å². The largest absolute Gasteiger partial charge is 0.274 e. The van der Waals surface area contributed by atoms with E-state index in [2.05, 4.69) is 25.5 Å². The van der Waals surface area contributed by atoms with Crippen LogP contribution in [0, 0.1) is 11.3 Å². The van der Waals surface area contributed by atoms with E-state index in [-0.39, 0.29) is 23.0 Å². The molecule has 124 valence electrons. The van der Waals surface area contributed by atoms with E-state index in [0.717, 1.165) is 38.5 Å². The van der Waals surface area contributed by atoms with E-state index in [4.69, 9.17) is 0 Å². The Morgan fingerprint density at radius 2 is 1.57 bits per heavy atom. The fraction of sp³-hybridized carbons (Fsp3) is 0.938. The Kier molecular flexibility index (Phi) is 7.17. The van der Waals surface area contributed by atoms with Crippen molar-refractivity contribution in [3.05, 3.63) is 0 Å². The average Bonchev–Trinajstić information content (AvgIpc) is 2.69. The predicted molar refractivity (Wildman–Crippen MR) is 86.4 cm³/mol. The second kappa shape index (κ2) is 8.16. The first-order valence-corrected chi connectivity index (χ1v) is 10.0. The molecular weight excluding hydrogens is 286 g/mol. The summed E-state index contributed by atoms with van der Waals surface area (Å²) in [6.45, 7) is 6.45. The fourth-order valence-electron chi connectivity index (χ4n) is 3.29. The number of unbranched alkanes of at least 4 members (excludes halogenated alkanes) is 5. The Morgan fingerprint density at radius 3 is 2.05 bits per heavy atom. The van der Waals surface area contributed by atoms with Crippen LogP contribution in [-0.2, 0) is 14.8 Å². The smallest absolute Gasteiger partial charge is 0.238 e. The molecule has 5 heteroatoms. The van der Waals surface area contributed by atoms with Crippen LogP contribution in [-0.4, -0.2) is 20.1 Å². The highest BCUT2D eigenvalue weighted by molar-refractivity contribution is 7.90. The number of rotatable bonds is 10. The molecule has 0 bridgehead atoms. The van der Waals surface area contributed by atoms with E-state index in [9.17, 15) is 13.2 Å². The van der Waals surface area contributed by atoms with Gasteiger partial charge in [0.25, 0.3) is 0 Å². The van der Waals surface area contributed by atoms with Gasteiger partial charge in [-0.3, -0.25) is 9.52 Å². The van der Waals surface area contributed by atoms with Crippen molar-refractivity contribution in [2.24, 2.45) is 11.3 Å². The average molecular weight is 317 g/mol.